The molecule has 0 aliphatic carbocycles. The molecule has 0 saturated carbocycles. The molecule has 1 aromatic rings. The lowest BCUT2D eigenvalue weighted by atomic mass is 9.88. The van der Waals surface area contributed by atoms with E-state index in [1.54, 1.807) is 12.1 Å². The van der Waals surface area contributed by atoms with Gasteiger partial charge in [-0.25, -0.2) is 4.39 Å². The van der Waals surface area contributed by atoms with Crippen LogP contribution in [0.2, 0.25) is 0 Å². The van der Waals surface area contributed by atoms with Gasteiger partial charge in [-0.05, 0) is 30.5 Å². The molecule has 0 N–H and O–H groups in total. The first kappa shape index (κ1) is 12.7. The summed E-state index contributed by atoms with van der Waals surface area (Å²) in [5, 5.41) is 0. The van der Waals surface area contributed by atoms with E-state index in [0.29, 0.717) is 12.8 Å². The zero-order chi connectivity index (χ0) is 12.2. The fourth-order valence-corrected chi connectivity index (χ4v) is 1.89. The number of esters is 1. The molecule has 0 amide bonds. The van der Waals surface area contributed by atoms with Crippen molar-refractivity contribution in [1.29, 1.82) is 0 Å². The minimum absolute atomic E-state index is 0.285. The van der Waals surface area contributed by atoms with Crippen molar-refractivity contribution in [3.63, 3.8) is 0 Å². The normalized spacial score (nSPS) is 11.2. The van der Waals surface area contributed by atoms with E-state index in [0.717, 1.165) is 5.56 Å². The molecule has 0 fully saturated rings. The largest absolute Gasteiger partial charge is 0.454 e. The van der Waals surface area contributed by atoms with E-state index < -0.39 is 5.60 Å². The van der Waals surface area contributed by atoms with Crippen LogP contribution in [-0.2, 0) is 15.1 Å². The van der Waals surface area contributed by atoms with Gasteiger partial charge in [0, 0.05) is 6.92 Å². The number of rotatable bonds is 4. The van der Waals surface area contributed by atoms with E-state index in [1.807, 2.05) is 13.8 Å². The Bertz CT molecular complexity index is 353. The Kier molecular flexibility index (Phi) is 4.05. The molecule has 0 radical (unpaired) electrons. The maximum absolute atomic E-state index is 12.8. The fourth-order valence-electron chi connectivity index (χ4n) is 1.89. The Morgan fingerprint density at radius 1 is 1.25 bits per heavy atom. The summed E-state index contributed by atoms with van der Waals surface area (Å²) < 4.78 is 18.2. The second-order valence-electron chi connectivity index (χ2n) is 3.80. The summed E-state index contributed by atoms with van der Waals surface area (Å²) >= 11 is 0. The van der Waals surface area contributed by atoms with Crippen molar-refractivity contribution < 1.29 is 13.9 Å². The highest BCUT2D eigenvalue weighted by Gasteiger charge is 2.31. The van der Waals surface area contributed by atoms with Crippen molar-refractivity contribution in [2.75, 3.05) is 0 Å². The molecule has 16 heavy (non-hydrogen) atoms. The number of hydrogen-bond acceptors (Lipinski definition) is 2. The molecular weight excluding hydrogens is 207 g/mol. The van der Waals surface area contributed by atoms with Crippen LogP contribution in [0.1, 0.15) is 39.2 Å². The summed E-state index contributed by atoms with van der Waals surface area (Å²) in [6.07, 6.45) is 1.35. The van der Waals surface area contributed by atoms with Gasteiger partial charge in [-0.3, -0.25) is 4.79 Å². The Labute approximate surface area is 95.4 Å². The molecule has 0 saturated heterocycles. The topological polar surface area (TPSA) is 26.3 Å². The van der Waals surface area contributed by atoms with E-state index in [-0.39, 0.29) is 11.8 Å². The molecule has 0 unspecified atom stereocenters. The van der Waals surface area contributed by atoms with E-state index in [2.05, 4.69) is 0 Å². The monoisotopic (exact) mass is 224 g/mol. The summed E-state index contributed by atoms with van der Waals surface area (Å²) in [6, 6.07) is 6.12. The summed E-state index contributed by atoms with van der Waals surface area (Å²) in [4.78, 5) is 11.1. The Morgan fingerprint density at radius 2 is 1.75 bits per heavy atom. The van der Waals surface area contributed by atoms with Crippen molar-refractivity contribution in [3.05, 3.63) is 35.6 Å². The van der Waals surface area contributed by atoms with Crippen molar-refractivity contribution >= 4 is 5.97 Å². The van der Waals surface area contributed by atoms with Crippen molar-refractivity contribution in [2.24, 2.45) is 0 Å². The van der Waals surface area contributed by atoms with Crippen molar-refractivity contribution in [1.82, 2.24) is 0 Å². The third-order valence-electron chi connectivity index (χ3n) is 2.85. The molecule has 2 nitrogen and oxygen atoms in total. The molecule has 0 atom stereocenters. The second-order valence-corrected chi connectivity index (χ2v) is 3.80. The highest BCUT2D eigenvalue weighted by molar-refractivity contribution is 5.66. The number of benzene rings is 1. The lowest BCUT2D eigenvalue weighted by molar-refractivity contribution is -0.159. The average molecular weight is 224 g/mol. The minimum atomic E-state index is -0.625. The van der Waals surface area contributed by atoms with E-state index in [4.69, 9.17) is 4.74 Å². The molecule has 88 valence electrons. The molecule has 0 bridgehead atoms. The van der Waals surface area contributed by atoms with Crippen molar-refractivity contribution in [3.8, 4) is 0 Å². The first-order valence-electron chi connectivity index (χ1n) is 5.49. The van der Waals surface area contributed by atoms with Gasteiger partial charge in [0.15, 0.2) is 0 Å². The van der Waals surface area contributed by atoms with Gasteiger partial charge in [-0.1, -0.05) is 26.0 Å². The van der Waals surface area contributed by atoms with Gasteiger partial charge in [-0.2, -0.15) is 0 Å². The minimum Gasteiger partial charge on any atom is -0.454 e. The molecule has 0 heterocycles. The predicted molar refractivity (Wildman–Crippen MR) is 60.4 cm³/mol. The average Bonchev–Trinajstić information content (AvgIpc) is 2.27. The fraction of sp³-hybridized carbons (Fsp3) is 0.462. The maximum Gasteiger partial charge on any atom is 0.303 e. The highest BCUT2D eigenvalue weighted by atomic mass is 19.1. The van der Waals surface area contributed by atoms with Crippen LogP contribution in [0.4, 0.5) is 4.39 Å². The third-order valence-corrected chi connectivity index (χ3v) is 2.85. The van der Waals surface area contributed by atoms with E-state index >= 15 is 0 Å². The first-order valence-corrected chi connectivity index (χ1v) is 5.49. The van der Waals surface area contributed by atoms with Crippen LogP contribution < -0.4 is 0 Å². The molecule has 1 aromatic carbocycles. The Balaban J connectivity index is 3.09. The zero-order valence-electron chi connectivity index (χ0n) is 9.92. The second kappa shape index (κ2) is 5.10. The molecular formula is C13H17FO2. The SMILES string of the molecule is CCC(CC)(OC(C)=O)c1ccc(F)cc1. The highest BCUT2D eigenvalue weighted by Crippen LogP contribution is 2.33. The quantitative estimate of drug-likeness (QED) is 0.733. The smallest absolute Gasteiger partial charge is 0.303 e. The van der Waals surface area contributed by atoms with Gasteiger partial charge in [-0.15, -0.1) is 0 Å². The standard InChI is InChI=1S/C13H17FO2/c1-4-13(5-2,16-10(3)15)11-6-8-12(14)9-7-11/h6-9H,4-5H2,1-3H3. The maximum atomic E-state index is 12.8. The molecule has 3 heteroatoms. The molecule has 1 rings (SSSR count). The Hall–Kier alpha value is -1.38. The van der Waals surface area contributed by atoms with Crippen LogP contribution in [0, 0.1) is 5.82 Å². The van der Waals surface area contributed by atoms with E-state index in [1.165, 1.54) is 19.1 Å². The zero-order valence-corrected chi connectivity index (χ0v) is 9.92. The summed E-state index contributed by atoms with van der Waals surface area (Å²) in [5.74, 6) is -0.597. The van der Waals surface area contributed by atoms with Crippen LogP contribution in [0.3, 0.4) is 0 Å². The van der Waals surface area contributed by atoms with Gasteiger partial charge in [0.2, 0.25) is 0 Å². The summed E-state index contributed by atoms with van der Waals surface area (Å²) in [6.45, 7) is 5.30. The van der Waals surface area contributed by atoms with Crippen LogP contribution in [-0.4, -0.2) is 5.97 Å². The van der Waals surface area contributed by atoms with Crippen molar-refractivity contribution in [2.45, 2.75) is 39.2 Å². The number of halogens is 1. The molecule has 0 aromatic heterocycles. The Morgan fingerprint density at radius 3 is 2.12 bits per heavy atom. The number of carbonyl (C=O) groups is 1. The van der Waals surface area contributed by atoms with Crippen LogP contribution in [0.5, 0.6) is 0 Å². The van der Waals surface area contributed by atoms with Gasteiger partial charge >= 0.3 is 5.97 Å². The molecule has 0 aliphatic heterocycles. The van der Waals surface area contributed by atoms with E-state index in [9.17, 15) is 9.18 Å². The summed E-state index contributed by atoms with van der Waals surface area (Å²) in [7, 11) is 0. The van der Waals surface area contributed by atoms with Gasteiger partial charge in [0.05, 0.1) is 0 Å². The van der Waals surface area contributed by atoms with Gasteiger partial charge < -0.3 is 4.74 Å². The number of carbonyl (C=O) groups excluding carboxylic acids is 1. The summed E-state index contributed by atoms with van der Waals surface area (Å²) in [5.41, 5.74) is 0.216. The van der Waals surface area contributed by atoms with Gasteiger partial charge in [0.25, 0.3) is 0 Å². The molecule has 0 aliphatic rings. The lowest BCUT2D eigenvalue weighted by Crippen LogP contribution is -2.30. The molecule has 0 spiro atoms. The third kappa shape index (κ3) is 2.60. The lowest BCUT2D eigenvalue weighted by Gasteiger charge is -2.31. The van der Waals surface area contributed by atoms with Crippen LogP contribution in [0.25, 0.3) is 0 Å². The van der Waals surface area contributed by atoms with Crippen LogP contribution in [0.15, 0.2) is 24.3 Å². The van der Waals surface area contributed by atoms with Gasteiger partial charge in [0.1, 0.15) is 11.4 Å². The first-order chi connectivity index (χ1) is 7.54. The number of ether oxygens (including phenoxy) is 1. The number of hydrogen-bond donors (Lipinski definition) is 0. The van der Waals surface area contributed by atoms with Crippen LogP contribution >= 0.6 is 0 Å². The predicted octanol–water partition coefficient (Wildman–Crippen LogP) is 3.40.